The monoisotopic (exact) mass is 568 g/mol. The van der Waals surface area contributed by atoms with Crippen molar-refractivity contribution < 1.29 is 19.0 Å². The summed E-state index contributed by atoms with van der Waals surface area (Å²) >= 11 is 6.24. The van der Waals surface area contributed by atoms with Crippen LogP contribution in [0.25, 0.3) is 11.1 Å². The van der Waals surface area contributed by atoms with Gasteiger partial charge >= 0.3 is 5.97 Å². The number of ether oxygens (including phenoxy) is 1. The van der Waals surface area contributed by atoms with Crippen LogP contribution in [0.15, 0.2) is 102 Å². The van der Waals surface area contributed by atoms with Crippen molar-refractivity contribution in [3.63, 3.8) is 0 Å². The van der Waals surface area contributed by atoms with E-state index >= 15 is 0 Å². The van der Waals surface area contributed by atoms with E-state index < -0.39 is 5.97 Å². The van der Waals surface area contributed by atoms with Gasteiger partial charge in [-0.1, -0.05) is 67.1 Å². The molecule has 5 rings (SSSR count). The van der Waals surface area contributed by atoms with Gasteiger partial charge in [0.1, 0.15) is 11.6 Å². The van der Waals surface area contributed by atoms with Gasteiger partial charge in [0.15, 0.2) is 0 Å². The first-order valence-electron chi connectivity index (χ1n) is 13.3. The van der Waals surface area contributed by atoms with Crippen LogP contribution in [0.5, 0.6) is 5.75 Å². The number of carboxylic acid groups (broad SMARTS) is 1. The standard InChI is InChI=1S/C34H30ClFN2O3/c1-21-17-25(30-20-29(41-3)13-14-31(30)36)10-9-24(21)18-23-7-11-28(12-8-23)38-32(15-16-33(39)40)22(2)34(37-38)26-5-4-6-27(35)19-26/h4-17,19-20,22,32H,18H2,1-3H3,(H,39,40). The van der Waals surface area contributed by atoms with E-state index in [4.69, 9.17) is 21.4 Å². The molecule has 0 bridgehead atoms. The topological polar surface area (TPSA) is 62.1 Å². The summed E-state index contributed by atoms with van der Waals surface area (Å²) in [7, 11) is 1.57. The maximum Gasteiger partial charge on any atom is 0.328 e. The number of hydrazone groups is 1. The van der Waals surface area contributed by atoms with Crippen LogP contribution in [-0.2, 0) is 11.2 Å². The number of benzene rings is 4. The molecule has 0 spiro atoms. The summed E-state index contributed by atoms with van der Waals surface area (Å²) in [6.45, 7) is 4.07. The van der Waals surface area contributed by atoms with Crippen molar-refractivity contribution in [2.75, 3.05) is 12.1 Å². The first-order chi connectivity index (χ1) is 19.7. The fraction of sp³-hybridized carbons (Fsp3) is 0.176. The predicted molar refractivity (Wildman–Crippen MR) is 163 cm³/mol. The average molecular weight is 569 g/mol. The Morgan fingerprint density at radius 2 is 1.83 bits per heavy atom. The molecule has 2 atom stereocenters. The maximum atomic E-state index is 14.5. The molecule has 208 valence electrons. The van der Waals surface area contributed by atoms with Crippen LogP contribution in [0, 0.1) is 18.7 Å². The minimum atomic E-state index is -1.00. The average Bonchev–Trinajstić information content (AvgIpc) is 3.29. The molecule has 2 unspecified atom stereocenters. The Hall–Kier alpha value is -4.42. The number of hydrogen-bond donors (Lipinski definition) is 1. The van der Waals surface area contributed by atoms with E-state index in [0.29, 0.717) is 22.8 Å². The molecule has 4 aromatic rings. The highest BCUT2D eigenvalue weighted by Gasteiger charge is 2.34. The Balaban J connectivity index is 1.39. The fourth-order valence-corrected chi connectivity index (χ4v) is 5.37. The number of carbonyl (C=O) groups is 1. The summed E-state index contributed by atoms with van der Waals surface area (Å²) in [5, 5.41) is 16.7. The second-order valence-corrected chi connectivity index (χ2v) is 10.6. The molecular formula is C34H30ClFN2O3. The number of halogens is 2. The summed E-state index contributed by atoms with van der Waals surface area (Å²) < 4.78 is 19.8. The Labute approximate surface area is 244 Å². The van der Waals surface area contributed by atoms with Gasteiger partial charge in [0.25, 0.3) is 0 Å². The number of aliphatic carboxylic acids is 1. The zero-order valence-electron chi connectivity index (χ0n) is 23.0. The third-order valence-corrected chi connectivity index (χ3v) is 7.66. The molecule has 0 aromatic heterocycles. The van der Waals surface area contributed by atoms with E-state index in [2.05, 4.69) is 12.1 Å². The van der Waals surface area contributed by atoms with Crippen molar-refractivity contribution in [3.8, 4) is 16.9 Å². The molecule has 1 aliphatic rings. The maximum absolute atomic E-state index is 14.5. The number of carboxylic acids is 1. The largest absolute Gasteiger partial charge is 0.497 e. The fourth-order valence-electron chi connectivity index (χ4n) is 5.18. The lowest BCUT2D eigenvalue weighted by atomic mass is 9.92. The van der Waals surface area contributed by atoms with Crippen molar-refractivity contribution in [3.05, 3.63) is 130 Å². The highest BCUT2D eigenvalue weighted by Crippen LogP contribution is 2.33. The highest BCUT2D eigenvalue weighted by molar-refractivity contribution is 6.31. The predicted octanol–water partition coefficient (Wildman–Crippen LogP) is 7.92. The first kappa shape index (κ1) is 28.1. The summed E-state index contributed by atoms with van der Waals surface area (Å²) in [6.07, 6.45) is 3.56. The molecule has 1 heterocycles. The molecule has 7 heteroatoms. The number of rotatable bonds is 8. The van der Waals surface area contributed by atoms with E-state index in [1.165, 1.54) is 12.1 Å². The van der Waals surface area contributed by atoms with Gasteiger partial charge in [-0.2, -0.15) is 5.10 Å². The van der Waals surface area contributed by atoms with E-state index in [0.717, 1.165) is 39.2 Å². The number of methoxy groups -OCH3 is 1. The van der Waals surface area contributed by atoms with Crippen molar-refractivity contribution in [1.29, 1.82) is 0 Å². The van der Waals surface area contributed by atoms with Gasteiger partial charge in [0.05, 0.1) is 24.6 Å². The van der Waals surface area contributed by atoms with E-state index in [1.807, 2.05) is 73.5 Å². The van der Waals surface area contributed by atoms with Gasteiger partial charge in [-0.25, -0.2) is 9.18 Å². The van der Waals surface area contributed by atoms with Crippen LogP contribution < -0.4 is 9.75 Å². The van der Waals surface area contributed by atoms with Gasteiger partial charge in [-0.05, 0) is 83.6 Å². The third kappa shape index (κ3) is 6.18. The summed E-state index contributed by atoms with van der Waals surface area (Å²) in [5.41, 5.74) is 7.24. The highest BCUT2D eigenvalue weighted by atomic mass is 35.5. The molecule has 0 radical (unpaired) electrons. The molecule has 1 N–H and O–H groups in total. The van der Waals surface area contributed by atoms with E-state index in [9.17, 15) is 14.3 Å². The molecule has 41 heavy (non-hydrogen) atoms. The van der Waals surface area contributed by atoms with Gasteiger partial charge in [0.2, 0.25) is 0 Å². The SMILES string of the molecule is COc1ccc(F)c(-c2ccc(Cc3ccc(N4N=C(c5cccc(Cl)c5)C(C)C4C=CC(=O)O)cc3)c(C)c2)c1. The Morgan fingerprint density at radius 3 is 2.51 bits per heavy atom. The molecule has 0 aliphatic carbocycles. The van der Waals surface area contributed by atoms with Crippen molar-refractivity contribution >= 4 is 29.0 Å². The molecule has 1 aliphatic heterocycles. The van der Waals surface area contributed by atoms with E-state index in [-0.39, 0.29) is 17.8 Å². The molecular weight excluding hydrogens is 539 g/mol. The molecule has 5 nitrogen and oxygen atoms in total. The van der Waals surface area contributed by atoms with Gasteiger partial charge in [0, 0.05) is 22.6 Å². The van der Waals surface area contributed by atoms with Crippen LogP contribution in [0.4, 0.5) is 10.1 Å². The zero-order chi connectivity index (χ0) is 29.1. The summed E-state index contributed by atoms with van der Waals surface area (Å²) in [5.74, 6) is -0.735. The minimum absolute atomic E-state index is 0.0562. The quantitative estimate of drug-likeness (QED) is 0.219. The molecule has 0 amide bonds. The second-order valence-electron chi connectivity index (χ2n) is 10.1. The lowest BCUT2D eigenvalue weighted by Crippen LogP contribution is -2.30. The number of anilines is 1. The Bertz CT molecular complexity index is 1650. The summed E-state index contributed by atoms with van der Waals surface area (Å²) in [4.78, 5) is 11.3. The number of nitrogens with zero attached hydrogens (tertiary/aromatic N) is 2. The number of hydrogen-bond acceptors (Lipinski definition) is 4. The lowest BCUT2D eigenvalue weighted by molar-refractivity contribution is -0.131. The van der Waals surface area contributed by atoms with Crippen molar-refractivity contribution in [2.45, 2.75) is 26.3 Å². The molecule has 4 aromatic carbocycles. The van der Waals surface area contributed by atoms with Crippen LogP contribution in [0.3, 0.4) is 0 Å². The zero-order valence-corrected chi connectivity index (χ0v) is 23.8. The van der Waals surface area contributed by atoms with Crippen LogP contribution in [-0.4, -0.2) is 29.9 Å². The third-order valence-electron chi connectivity index (χ3n) is 7.42. The van der Waals surface area contributed by atoms with Gasteiger partial charge in [-0.3, -0.25) is 5.01 Å². The van der Waals surface area contributed by atoms with E-state index in [1.54, 1.807) is 25.3 Å². The minimum Gasteiger partial charge on any atom is -0.497 e. The number of aryl methyl sites for hydroxylation is 1. The molecule has 0 saturated carbocycles. The second kappa shape index (κ2) is 12.0. The first-order valence-corrected chi connectivity index (χ1v) is 13.7. The van der Waals surface area contributed by atoms with Crippen LogP contribution in [0.2, 0.25) is 5.02 Å². The van der Waals surface area contributed by atoms with Gasteiger partial charge in [-0.15, -0.1) is 0 Å². The smallest absolute Gasteiger partial charge is 0.328 e. The molecule has 0 saturated heterocycles. The van der Waals surface area contributed by atoms with Crippen molar-refractivity contribution in [1.82, 2.24) is 0 Å². The normalized spacial score (nSPS) is 16.7. The lowest BCUT2D eigenvalue weighted by Gasteiger charge is -2.24. The van der Waals surface area contributed by atoms with Crippen LogP contribution in [0.1, 0.15) is 29.2 Å². The van der Waals surface area contributed by atoms with Crippen LogP contribution >= 0.6 is 11.6 Å². The Morgan fingerprint density at radius 1 is 1.05 bits per heavy atom. The summed E-state index contributed by atoms with van der Waals surface area (Å²) in [6, 6.07) is 26.1. The van der Waals surface area contributed by atoms with Gasteiger partial charge < -0.3 is 9.84 Å². The van der Waals surface area contributed by atoms with Crippen molar-refractivity contribution in [2.24, 2.45) is 11.0 Å². The molecule has 0 fully saturated rings. The Kier molecular flexibility index (Phi) is 8.22.